The molecule has 1 fully saturated rings. The number of nitrogens with one attached hydrogen (secondary N) is 2. The Morgan fingerprint density at radius 1 is 1.03 bits per heavy atom. The highest BCUT2D eigenvalue weighted by atomic mass is 127. The number of guanidine groups is 1. The quantitative estimate of drug-likeness (QED) is 0.181. The number of nitrogens with zero attached hydrogens (tertiary/aromatic N) is 3. The maximum Gasteiger partial charge on any atom is 0.191 e. The summed E-state index contributed by atoms with van der Waals surface area (Å²) in [4.78, 5) is 9.89. The minimum absolute atomic E-state index is 0. The van der Waals surface area contributed by atoms with E-state index in [0.717, 1.165) is 44.2 Å². The van der Waals surface area contributed by atoms with Crippen LogP contribution in [-0.2, 0) is 0 Å². The van der Waals surface area contributed by atoms with E-state index in [0.29, 0.717) is 5.92 Å². The molecule has 1 aliphatic heterocycles. The van der Waals surface area contributed by atoms with Gasteiger partial charge >= 0.3 is 0 Å². The van der Waals surface area contributed by atoms with Gasteiger partial charge in [0.05, 0.1) is 7.11 Å². The highest BCUT2D eigenvalue weighted by molar-refractivity contribution is 14.0. The van der Waals surface area contributed by atoms with Crippen molar-refractivity contribution in [2.75, 3.05) is 66.0 Å². The van der Waals surface area contributed by atoms with Gasteiger partial charge in [-0.15, -0.1) is 24.0 Å². The molecule has 31 heavy (non-hydrogen) atoms. The van der Waals surface area contributed by atoms with Crippen LogP contribution in [0.25, 0.3) is 0 Å². The van der Waals surface area contributed by atoms with E-state index >= 15 is 0 Å². The van der Waals surface area contributed by atoms with Crippen LogP contribution < -0.4 is 15.4 Å². The Morgan fingerprint density at radius 3 is 2.32 bits per heavy atom. The molecule has 6 nitrogen and oxygen atoms in total. The number of likely N-dealkylation sites (N-methyl/N-ethyl adjacent to an activating group) is 1. The summed E-state index contributed by atoms with van der Waals surface area (Å²) in [6, 6.07) is 8.39. The summed E-state index contributed by atoms with van der Waals surface area (Å²) >= 11 is 0. The van der Waals surface area contributed by atoms with Crippen LogP contribution in [0.2, 0.25) is 0 Å². The van der Waals surface area contributed by atoms with Gasteiger partial charge in [0.25, 0.3) is 0 Å². The molecule has 1 aromatic carbocycles. The Labute approximate surface area is 207 Å². The predicted molar refractivity (Wildman–Crippen MR) is 143 cm³/mol. The van der Waals surface area contributed by atoms with Crippen molar-refractivity contribution in [2.24, 2.45) is 4.99 Å². The van der Waals surface area contributed by atoms with Gasteiger partial charge in [0, 0.05) is 45.8 Å². The maximum atomic E-state index is 5.25. The first kappa shape index (κ1) is 28.0. The average molecular weight is 546 g/mol. The molecule has 0 amide bonds. The second-order valence-electron chi connectivity index (χ2n) is 8.13. The minimum Gasteiger partial charge on any atom is -0.497 e. The van der Waals surface area contributed by atoms with Crippen molar-refractivity contribution in [3.63, 3.8) is 0 Å². The first-order chi connectivity index (χ1) is 14.7. The third-order valence-electron chi connectivity index (χ3n) is 5.96. The lowest BCUT2D eigenvalue weighted by Crippen LogP contribution is -2.46. The lowest BCUT2D eigenvalue weighted by atomic mass is 9.98. The summed E-state index contributed by atoms with van der Waals surface area (Å²) in [6.07, 6.45) is 3.44. The summed E-state index contributed by atoms with van der Waals surface area (Å²) in [7, 11) is 1.71. The van der Waals surface area contributed by atoms with E-state index in [1.807, 2.05) is 12.1 Å². The van der Waals surface area contributed by atoms with Crippen LogP contribution in [0, 0.1) is 0 Å². The molecule has 178 valence electrons. The molecule has 0 saturated carbocycles. The third-order valence-corrected chi connectivity index (χ3v) is 5.96. The molecular formula is C24H44IN5O. The van der Waals surface area contributed by atoms with Gasteiger partial charge in [0.1, 0.15) is 5.75 Å². The zero-order valence-corrected chi connectivity index (χ0v) is 22.4. The van der Waals surface area contributed by atoms with Gasteiger partial charge < -0.3 is 25.2 Å². The number of unbranched alkanes of at least 4 members (excludes halogenated alkanes) is 1. The second-order valence-corrected chi connectivity index (χ2v) is 8.13. The molecule has 0 spiro atoms. The van der Waals surface area contributed by atoms with Crippen LogP contribution in [-0.4, -0.2) is 81.8 Å². The molecule has 0 aromatic heterocycles. The van der Waals surface area contributed by atoms with Crippen LogP contribution >= 0.6 is 24.0 Å². The van der Waals surface area contributed by atoms with Gasteiger partial charge in [0.15, 0.2) is 5.96 Å². The van der Waals surface area contributed by atoms with Crippen LogP contribution in [0.4, 0.5) is 0 Å². The van der Waals surface area contributed by atoms with E-state index in [2.05, 4.69) is 53.3 Å². The lowest BCUT2D eigenvalue weighted by molar-refractivity contribution is 0.136. The Morgan fingerprint density at radius 2 is 1.71 bits per heavy atom. The number of methoxy groups -OCH3 is 1. The molecule has 0 bridgehead atoms. The van der Waals surface area contributed by atoms with Gasteiger partial charge in [-0.25, -0.2) is 0 Å². The molecule has 0 aliphatic carbocycles. The highest BCUT2D eigenvalue weighted by Crippen LogP contribution is 2.21. The Balaban J connectivity index is 0.00000480. The first-order valence-electron chi connectivity index (χ1n) is 11.8. The molecule has 2 rings (SSSR count). The number of aliphatic imine (C=N–C) groups is 1. The molecule has 1 saturated heterocycles. The van der Waals surface area contributed by atoms with E-state index in [1.165, 1.54) is 51.3 Å². The molecule has 7 heteroatoms. The molecule has 1 atom stereocenters. The lowest BCUT2D eigenvalue weighted by Gasteiger charge is -2.33. The number of piperazine rings is 1. The Bertz CT molecular complexity index is 602. The highest BCUT2D eigenvalue weighted by Gasteiger charge is 2.14. The second kappa shape index (κ2) is 16.6. The number of halogens is 1. The standard InChI is InChI=1S/C24H43N5O.HI/c1-5-25-24(26-14-7-8-16-29-19-17-28(6-2)18-20-29)27-15-13-21(3)22-9-11-23(30-4)12-10-22;/h9-12,21H,5-8,13-20H2,1-4H3,(H2,25,26,27);1H. The number of rotatable bonds is 12. The Kier molecular flexibility index (Phi) is 14.9. The van der Waals surface area contributed by atoms with Gasteiger partial charge in [0.2, 0.25) is 0 Å². The maximum absolute atomic E-state index is 5.25. The number of benzene rings is 1. The van der Waals surface area contributed by atoms with E-state index in [-0.39, 0.29) is 24.0 Å². The van der Waals surface area contributed by atoms with E-state index < -0.39 is 0 Å². The fraction of sp³-hybridized carbons (Fsp3) is 0.708. The van der Waals surface area contributed by atoms with Gasteiger partial charge in [-0.3, -0.25) is 4.99 Å². The molecule has 1 aromatic rings. The van der Waals surface area contributed by atoms with Crippen LogP contribution in [0.15, 0.2) is 29.3 Å². The normalized spacial score (nSPS) is 16.5. The molecule has 1 aliphatic rings. The van der Waals surface area contributed by atoms with Gasteiger partial charge in [-0.05, 0) is 62.9 Å². The van der Waals surface area contributed by atoms with Crippen molar-refractivity contribution in [1.82, 2.24) is 20.4 Å². The first-order valence-corrected chi connectivity index (χ1v) is 11.8. The Hall–Kier alpha value is -1.06. The van der Waals surface area contributed by atoms with E-state index in [9.17, 15) is 0 Å². The van der Waals surface area contributed by atoms with Crippen molar-refractivity contribution < 1.29 is 4.74 Å². The average Bonchev–Trinajstić information content (AvgIpc) is 2.79. The van der Waals surface area contributed by atoms with Crippen LogP contribution in [0.1, 0.15) is 51.5 Å². The van der Waals surface area contributed by atoms with Crippen molar-refractivity contribution in [2.45, 2.75) is 46.0 Å². The summed E-state index contributed by atoms with van der Waals surface area (Å²) in [5.41, 5.74) is 1.35. The zero-order chi connectivity index (χ0) is 21.6. The fourth-order valence-corrected chi connectivity index (χ4v) is 3.82. The van der Waals surface area contributed by atoms with Gasteiger partial charge in [-0.2, -0.15) is 0 Å². The summed E-state index contributed by atoms with van der Waals surface area (Å²) < 4.78 is 5.25. The van der Waals surface area contributed by atoms with Crippen molar-refractivity contribution in [3.8, 4) is 5.75 Å². The van der Waals surface area contributed by atoms with Crippen molar-refractivity contribution >= 4 is 29.9 Å². The molecule has 1 unspecified atom stereocenters. The SMILES string of the molecule is CCNC(=NCCCCN1CCN(CC)CC1)NCCC(C)c1ccc(OC)cc1.I. The largest absolute Gasteiger partial charge is 0.497 e. The predicted octanol–water partition coefficient (Wildman–Crippen LogP) is 3.78. The topological polar surface area (TPSA) is 52.1 Å². The summed E-state index contributed by atoms with van der Waals surface area (Å²) in [5.74, 6) is 2.35. The minimum atomic E-state index is 0. The van der Waals surface area contributed by atoms with Crippen molar-refractivity contribution in [1.29, 1.82) is 0 Å². The number of hydrogen-bond donors (Lipinski definition) is 2. The van der Waals surface area contributed by atoms with Crippen molar-refractivity contribution in [3.05, 3.63) is 29.8 Å². The monoisotopic (exact) mass is 545 g/mol. The zero-order valence-electron chi connectivity index (χ0n) is 20.0. The van der Waals surface area contributed by atoms with Crippen LogP contribution in [0.5, 0.6) is 5.75 Å². The summed E-state index contributed by atoms with van der Waals surface area (Å²) in [5, 5.41) is 6.86. The smallest absolute Gasteiger partial charge is 0.191 e. The van der Waals surface area contributed by atoms with E-state index in [4.69, 9.17) is 9.73 Å². The van der Waals surface area contributed by atoms with Gasteiger partial charge in [-0.1, -0.05) is 26.0 Å². The molecular weight excluding hydrogens is 501 g/mol. The third kappa shape index (κ3) is 10.9. The molecule has 0 radical (unpaired) electrons. The number of hydrogen-bond acceptors (Lipinski definition) is 4. The summed E-state index contributed by atoms with van der Waals surface area (Å²) in [6.45, 7) is 16.6. The molecule has 2 N–H and O–H groups in total. The number of ether oxygens (including phenoxy) is 1. The fourth-order valence-electron chi connectivity index (χ4n) is 3.82. The van der Waals surface area contributed by atoms with E-state index in [1.54, 1.807) is 7.11 Å². The molecule has 1 heterocycles. The van der Waals surface area contributed by atoms with Crippen LogP contribution in [0.3, 0.4) is 0 Å².